The standard InChI is InChI=1S/C13H15BrO4/c1-3-18-13(17)11(12(15)16)8(2)9-4-6-10(14)7-5-9/h4-8,11H,3H2,1-2H3,(H,15,16). The fourth-order valence-electron chi connectivity index (χ4n) is 1.71. The number of benzene rings is 1. The lowest BCUT2D eigenvalue weighted by Gasteiger charge is -2.19. The van der Waals surface area contributed by atoms with Gasteiger partial charge in [0, 0.05) is 10.4 Å². The van der Waals surface area contributed by atoms with Crippen molar-refractivity contribution in [3.63, 3.8) is 0 Å². The van der Waals surface area contributed by atoms with Crippen molar-refractivity contribution in [1.82, 2.24) is 0 Å². The van der Waals surface area contributed by atoms with Crippen molar-refractivity contribution in [2.75, 3.05) is 6.61 Å². The van der Waals surface area contributed by atoms with Crippen LogP contribution in [-0.4, -0.2) is 23.7 Å². The number of esters is 1. The Hall–Kier alpha value is -1.36. The quantitative estimate of drug-likeness (QED) is 0.670. The third kappa shape index (κ3) is 3.57. The molecule has 1 aromatic rings. The van der Waals surface area contributed by atoms with Gasteiger partial charge in [-0.2, -0.15) is 0 Å². The first-order valence-electron chi connectivity index (χ1n) is 5.62. The average Bonchev–Trinajstić information content (AvgIpc) is 2.29. The van der Waals surface area contributed by atoms with Crippen molar-refractivity contribution in [1.29, 1.82) is 0 Å². The van der Waals surface area contributed by atoms with Gasteiger partial charge in [-0.1, -0.05) is 35.0 Å². The van der Waals surface area contributed by atoms with Gasteiger partial charge in [-0.15, -0.1) is 0 Å². The van der Waals surface area contributed by atoms with E-state index < -0.39 is 23.8 Å². The van der Waals surface area contributed by atoms with E-state index in [-0.39, 0.29) is 6.61 Å². The van der Waals surface area contributed by atoms with Gasteiger partial charge in [-0.3, -0.25) is 9.59 Å². The average molecular weight is 315 g/mol. The van der Waals surface area contributed by atoms with E-state index in [1.807, 2.05) is 12.1 Å². The second kappa shape index (κ2) is 6.54. The van der Waals surface area contributed by atoms with Gasteiger partial charge >= 0.3 is 11.9 Å². The summed E-state index contributed by atoms with van der Waals surface area (Å²) in [7, 11) is 0. The summed E-state index contributed by atoms with van der Waals surface area (Å²) in [6.45, 7) is 3.54. The van der Waals surface area contributed by atoms with Crippen LogP contribution in [0.3, 0.4) is 0 Å². The predicted octanol–water partition coefficient (Wildman–Crippen LogP) is 2.82. The molecule has 18 heavy (non-hydrogen) atoms. The van der Waals surface area contributed by atoms with E-state index in [0.29, 0.717) is 0 Å². The van der Waals surface area contributed by atoms with Gasteiger partial charge in [0.25, 0.3) is 0 Å². The van der Waals surface area contributed by atoms with Crippen LogP contribution < -0.4 is 0 Å². The van der Waals surface area contributed by atoms with E-state index in [4.69, 9.17) is 9.84 Å². The third-order valence-electron chi connectivity index (χ3n) is 2.70. The van der Waals surface area contributed by atoms with E-state index in [1.54, 1.807) is 26.0 Å². The highest BCUT2D eigenvalue weighted by Crippen LogP contribution is 2.27. The molecule has 2 unspecified atom stereocenters. The summed E-state index contributed by atoms with van der Waals surface area (Å²) < 4.78 is 5.71. The summed E-state index contributed by atoms with van der Waals surface area (Å²) in [6, 6.07) is 7.22. The highest BCUT2D eigenvalue weighted by atomic mass is 79.9. The number of carbonyl (C=O) groups excluding carboxylic acids is 1. The van der Waals surface area contributed by atoms with Crippen molar-refractivity contribution in [3.05, 3.63) is 34.3 Å². The fraction of sp³-hybridized carbons (Fsp3) is 0.385. The summed E-state index contributed by atoms with van der Waals surface area (Å²) in [4.78, 5) is 22.8. The maximum atomic E-state index is 11.7. The monoisotopic (exact) mass is 314 g/mol. The zero-order valence-electron chi connectivity index (χ0n) is 10.2. The number of carbonyl (C=O) groups is 2. The van der Waals surface area contributed by atoms with E-state index >= 15 is 0 Å². The normalized spacial score (nSPS) is 13.7. The minimum atomic E-state index is -1.17. The number of ether oxygens (including phenoxy) is 1. The third-order valence-corrected chi connectivity index (χ3v) is 3.23. The van der Waals surface area contributed by atoms with E-state index in [9.17, 15) is 9.59 Å². The smallest absolute Gasteiger partial charge is 0.320 e. The fourth-order valence-corrected chi connectivity index (χ4v) is 1.97. The molecular formula is C13H15BrO4. The Kier molecular flexibility index (Phi) is 5.34. The largest absolute Gasteiger partial charge is 0.481 e. The molecule has 0 saturated heterocycles. The van der Waals surface area contributed by atoms with Crippen LogP contribution in [0.25, 0.3) is 0 Å². The number of hydrogen-bond donors (Lipinski definition) is 1. The van der Waals surface area contributed by atoms with Gasteiger partial charge in [-0.05, 0) is 24.6 Å². The number of halogens is 1. The Labute approximate surface area is 114 Å². The molecule has 0 aliphatic heterocycles. The second-order valence-corrected chi connectivity index (χ2v) is 4.82. The SMILES string of the molecule is CCOC(=O)C(C(=O)O)C(C)c1ccc(Br)cc1. The summed E-state index contributed by atoms with van der Waals surface area (Å²) in [5.41, 5.74) is 0.790. The Morgan fingerprint density at radius 1 is 1.33 bits per heavy atom. The lowest BCUT2D eigenvalue weighted by atomic mass is 9.87. The minimum absolute atomic E-state index is 0.176. The highest BCUT2D eigenvalue weighted by molar-refractivity contribution is 9.10. The van der Waals surface area contributed by atoms with Crippen LogP contribution in [-0.2, 0) is 14.3 Å². The minimum Gasteiger partial charge on any atom is -0.481 e. The van der Waals surface area contributed by atoms with Crippen LogP contribution in [0.15, 0.2) is 28.7 Å². The molecule has 0 spiro atoms. The molecule has 0 bridgehead atoms. The van der Waals surface area contributed by atoms with Crippen LogP contribution in [0, 0.1) is 5.92 Å². The Bertz CT molecular complexity index is 427. The number of hydrogen-bond acceptors (Lipinski definition) is 3. The summed E-state index contributed by atoms with van der Waals surface area (Å²) in [5.74, 6) is -3.47. The molecule has 5 heteroatoms. The maximum absolute atomic E-state index is 11.7. The second-order valence-electron chi connectivity index (χ2n) is 3.91. The van der Waals surface area contributed by atoms with Crippen LogP contribution in [0.4, 0.5) is 0 Å². The number of carboxylic acid groups (broad SMARTS) is 1. The molecule has 4 nitrogen and oxygen atoms in total. The van der Waals surface area contributed by atoms with E-state index in [0.717, 1.165) is 10.0 Å². The molecule has 0 aliphatic carbocycles. The molecule has 2 atom stereocenters. The maximum Gasteiger partial charge on any atom is 0.320 e. The first-order valence-corrected chi connectivity index (χ1v) is 6.41. The summed E-state index contributed by atoms with van der Waals surface area (Å²) >= 11 is 3.31. The zero-order valence-corrected chi connectivity index (χ0v) is 11.8. The summed E-state index contributed by atoms with van der Waals surface area (Å²) in [5, 5.41) is 9.15. The Balaban J connectivity index is 2.95. The van der Waals surface area contributed by atoms with Crippen molar-refractivity contribution in [3.8, 4) is 0 Å². The van der Waals surface area contributed by atoms with Crippen molar-refractivity contribution in [2.24, 2.45) is 5.92 Å². The van der Waals surface area contributed by atoms with Gasteiger partial charge in [0.05, 0.1) is 6.61 Å². The van der Waals surface area contributed by atoms with Crippen molar-refractivity contribution >= 4 is 27.9 Å². The van der Waals surface area contributed by atoms with Crippen molar-refractivity contribution < 1.29 is 19.4 Å². The topological polar surface area (TPSA) is 63.6 Å². The van der Waals surface area contributed by atoms with Crippen molar-refractivity contribution in [2.45, 2.75) is 19.8 Å². The molecule has 0 saturated carbocycles. The molecule has 98 valence electrons. The first-order chi connectivity index (χ1) is 8.47. The molecule has 0 radical (unpaired) electrons. The number of carboxylic acids is 1. The molecule has 0 aliphatic rings. The number of aliphatic carboxylic acids is 1. The van der Waals surface area contributed by atoms with E-state index in [2.05, 4.69) is 15.9 Å². The van der Waals surface area contributed by atoms with Crippen LogP contribution >= 0.6 is 15.9 Å². The van der Waals surface area contributed by atoms with Gasteiger partial charge < -0.3 is 9.84 Å². The Morgan fingerprint density at radius 2 is 1.89 bits per heavy atom. The molecule has 1 N–H and O–H groups in total. The summed E-state index contributed by atoms with van der Waals surface area (Å²) in [6.07, 6.45) is 0. The molecule has 0 heterocycles. The van der Waals surface area contributed by atoms with Gasteiger partial charge in [-0.25, -0.2) is 0 Å². The lowest BCUT2D eigenvalue weighted by Crippen LogP contribution is -2.30. The highest BCUT2D eigenvalue weighted by Gasteiger charge is 2.34. The lowest BCUT2D eigenvalue weighted by molar-refractivity contribution is -0.159. The van der Waals surface area contributed by atoms with Crippen LogP contribution in [0.1, 0.15) is 25.3 Å². The van der Waals surface area contributed by atoms with E-state index in [1.165, 1.54) is 0 Å². The molecule has 0 aromatic heterocycles. The van der Waals surface area contributed by atoms with Crippen LogP contribution in [0.5, 0.6) is 0 Å². The van der Waals surface area contributed by atoms with Gasteiger partial charge in [0.2, 0.25) is 0 Å². The molecular weight excluding hydrogens is 300 g/mol. The predicted molar refractivity (Wildman–Crippen MR) is 70.3 cm³/mol. The van der Waals surface area contributed by atoms with Gasteiger partial charge in [0.15, 0.2) is 5.92 Å². The zero-order chi connectivity index (χ0) is 13.7. The molecule has 0 amide bonds. The molecule has 0 fully saturated rings. The first kappa shape index (κ1) is 14.7. The Morgan fingerprint density at radius 3 is 2.33 bits per heavy atom. The number of rotatable bonds is 5. The van der Waals surface area contributed by atoms with Gasteiger partial charge in [0.1, 0.15) is 0 Å². The molecule has 1 rings (SSSR count). The van der Waals surface area contributed by atoms with Crippen LogP contribution in [0.2, 0.25) is 0 Å². The molecule has 1 aromatic carbocycles.